The Bertz CT molecular complexity index is 448. The fourth-order valence-electron chi connectivity index (χ4n) is 1.39. The van der Waals surface area contributed by atoms with Crippen LogP contribution in [0.2, 0.25) is 0 Å². The van der Waals surface area contributed by atoms with Crippen molar-refractivity contribution in [1.29, 1.82) is 0 Å². The minimum atomic E-state index is 0.861. The largest absolute Gasteiger partial charge is 0.365 e. The topological polar surface area (TPSA) is 24.9 Å². The van der Waals surface area contributed by atoms with Gasteiger partial charge in [0.1, 0.15) is 5.82 Å². The van der Waals surface area contributed by atoms with E-state index in [1.54, 1.807) is 11.3 Å². The van der Waals surface area contributed by atoms with Crippen molar-refractivity contribution < 1.29 is 0 Å². The maximum atomic E-state index is 4.26. The third-order valence-electron chi connectivity index (χ3n) is 2.31. The highest BCUT2D eigenvalue weighted by Gasteiger charge is 1.99. The summed E-state index contributed by atoms with van der Waals surface area (Å²) in [5.41, 5.74) is 2.58. The van der Waals surface area contributed by atoms with Gasteiger partial charge in [0.25, 0.3) is 0 Å². The van der Waals surface area contributed by atoms with Crippen LogP contribution >= 0.6 is 11.3 Å². The molecule has 78 valence electrons. The molecule has 0 unspecified atom stereocenters. The van der Waals surface area contributed by atoms with Crippen LogP contribution in [0.15, 0.2) is 29.8 Å². The molecule has 0 saturated carbocycles. The Morgan fingerprint density at radius 3 is 2.87 bits per heavy atom. The number of aryl methyl sites for hydroxylation is 2. The summed E-state index contributed by atoms with van der Waals surface area (Å²) in [4.78, 5) is 5.64. The maximum Gasteiger partial charge on any atom is 0.126 e. The van der Waals surface area contributed by atoms with E-state index >= 15 is 0 Å². The second-order valence-electron chi connectivity index (χ2n) is 3.60. The van der Waals surface area contributed by atoms with Crippen LogP contribution < -0.4 is 5.32 Å². The predicted molar refractivity (Wildman–Crippen MR) is 65.4 cm³/mol. The Morgan fingerprint density at radius 1 is 1.33 bits per heavy atom. The first kappa shape index (κ1) is 10.2. The van der Waals surface area contributed by atoms with E-state index in [4.69, 9.17) is 0 Å². The molecule has 0 radical (unpaired) electrons. The van der Waals surface area contributed by atoms with Crippen LogP contribution in [0.1, 0.15) is 16.0 Å². The smallest absolute Gasteiger partial charge is 0.126 e. The summed E-state index contributed by atoms with van der Waals surface area (Å²) in [5.74, 6) is 0.947. The number of thiophene rings is 1. The highest BCUT2D eigenvalue weighted by Crippen LogP contribution is 2.17. The van der Waals surface area contributed by atoms with Gasteiger partial charge in [0.2, 0.25) is 0 Å². The minimum Gasteiger partial charge on any atom is -0.365 e. The lowest BCUT2D eigenvalue weighted by atomic mass is 10.3. The zero-order valence-corrected chi connectivity index (χ0v) is 9.77. The van der Waals surface area contributed by atoms with Gasteiger partial charge < -0.3 is 5.32 Å². The van der Waals surface area contributed by atoms with Crippen molar-refractivity contribution in [3.8, 4) is 0 Å². The lowest BCUT2D eigenvalue weighted by Crippen LogP contribution is -2.00. The van der Waals surface area contributed by atoms with Crippen LogP contribution in [0.5, 0.6) is 0 Å². The molecule has 0 aliphatic rings. The highest BCUT2D eigenvalue weighted by atomic mass is 32.1. The van der Waals surface area contributed by atoms with Crippen LogP contribution in [0.3, 0.4) is 0 Å². The van der Waals surface area contributed by atoms with Crippen LogP contribution in [0.25, 0.3) is 0 Å². The summed E-state index contributed by atoms with van der Waals surface area (Å²) in [6, 6.07) is 6.20. The minimum absolute atomic E-state index is 0.861. The molecule has 3 heteroatoms. The number of rotatable bonds is 3. The normalized spacial score (nSPS) is 10.3. The van der Waals surface area contributed by atoms with Gasteiger partial charge >= 0.3 is 0 Å². The second kappa shape index (κ2) is 4.45. The number of anilines is 1. The molecule has 2 nitrogen and oxygen atoms in total. The summed E-state index contributed by atoms with van der Waals surface area (Å²) in [7, 11) is 0. The summed E-state index contributed by atoms with van der Waals surface area (Å²) in [6.45, 7) is 5.07. The monoisotopic (exact) mass is 218 g/mol. The second-order valence-corrected chi connectivity index (χ2v) is 4.60. The summed E-state index contributed by atoms with van der Waals surface area (Å²) in [5, 5.41) is 5.45. The zero-order valence-electron chi connectivity index (χ0n) is 8.95. The fourth-order valence-corrected chi connectivity index (χ4v) is 2.23. The van der Waals surface area contributed by atoms with Gasteiger partial charge in [-0.3, -0.25) is 0 Å². The molecule has 1 N–H and O–H groups in total. The van der Waals surface area contributed by atoms with E-state index in [2.05, 4.69) is 41.7 Å². The van der Waals surface area contributed by atoms with E-state index in [0.717, 1.165) is 12.4 Å². The van der Waals surface area contributed by atoms with Crippen LogP contribution in [-0.2, 0) is 6.54 Å². The van der Waals surface area contributed by atoms with Gasteiger partial charge in [-0.1, -0.05) is 0 Å². The van der Waals surface area contributed by atoms with Gasteiger partial charge in [-0.2, -0.15) is 0 Å². The van der Waals surface area contributed by atoms with E-state index in [0.29, 0.717) is 0 Å². The van der Waals surface area contributed by atoms with Crippen molar-refractivity contribution in [2.45, 2.75) is 20.4 Å². The molecule has 15 heavy (non-hydrogen) atoms. The number of hydrogen-bond acceptors (Lipinski definition) is 3. The molecule has 0 aromatic carbocycles. The van der Waals surface area contributed by atoms with Gasteiger partial charge in [-0.25, -0.2) is 4.98 Å². The molecular formula is C12H14N2S. The molecule has 2 aromatic rings. The Kier molecular flexibility index (Phi) is 3.02. The molecule has 2 rings (SSSR count). The molecule has 0 bridgehead atoms. The fraction of sp³-hybridized carbons (Fsp3) is 0.250. The predicted octanol–water partition coefficient (Wildman–Crippen LogP) is 3.37. The number of aromatic nitrogens is 1. The number of hydrogen-bond donors (Lipinski definition) is 1. The summed E-state index contributed by atoms with van der Waals surface area (Å²) < 4.78 is 0. The van der Waals surface area contributed by atoms with Gasteiger partial charge in [0.05, 0.1) is 6.54 Å². The first-order valence-electron chi connectivity index (χ1n) is 4.95. The van der Waals surface area contributed by atoms with Gasteiger partial charge in [0, 0.05) is 11.1 Å². The molecule has 0 fully saturated rings. The number of nitrogens with zero attached hydrogens (tertiary/aromatic N) is 1. The van der Waals surface area contributed by atoms with Crippen molar-refractivity contribution in [3.63, 3.8) is 0 Å². The van der Waals surface area contributed by atoms with E-state index < -0.39 is 0 Å². The Labute approximate surface area is 94.0 Å². The Morgan fingerprint density at radius 2 is 2.20 bits per heavy atom. The van der Waals surface area contributed by atoms with E-state index in [9.17, 15) is 0 Å². The summed E-state index contributed by atoms with van der Waals surface area (Å²) >= 11 is 1.78. The average Bonchev–Trinajstić information content (AvgIpc) is 2.61. The van der Waals surface area contributed by atoms with E-state index in [1.165, 1.54) is 16.0 Å². The first-order valence-corrected chi connectivity index (χ1v) is 5.83. The first-order chi connectivity index (χ1) is 7.25. The molecule has 0 aliphatic heterocycles. The maximum absolute atomic E-state index is 4.26. The third kappa shape index (κ3) is 2.57. The molecule has 0 atom stereocenters. The Balaban J connectivity index is 2.02. The van der Waals surface area contributed by atoms with Gasteiger partial charge in [-0.05, 0) is 48.6 Å². The number of nitrogens with one attached hydrogen (secondary N) is 1. The van der Waals surface area contributed by atoms with Crippen molar-refractivity contribution >= 4 is 17.2 Å². The SMILES string of the molecule is Cc1ccnc(NCc2sccc2C)c1. The third-order valence-corrected chi connectivity index (χ3v) is 3.34. The Hall–Kier alpha value is -1.35. The lowest BCUT2D eigenvalue weighted by Gasteiger charge is -2.05. The summed E-state index contributed by atoms with van der Waals surface area (Å²) in [6.07, 6.45) is 1.83. The number of pyridine rings is 1. The molecular weight excluding hydrogens is 204 g/mol. The van der Waals surface area contributed by atoms with Crippen molar-refractivity contribution in [2.24, 2.45) is 0 Å². The van der Waals surface area contributed by atoms with Crippen LogP contribution in [-0.4, -0.2) is 4.98 Å². The van der Waals surface area contributed by atoms with Gasteiger partial charge in [0.15, 0.2) is 0 Å². The molecule has 2 heterocycles. The quantitative estimate of drug-likeness (QED) is 0.854. The standard InChI is InChI=1S/C12H14N2S/c1-9-3-5-13-12(7-9)14-8-11-10(2)4-6-15-11/h3-7H,8H2,1-2H3,(H,13,14). The van der Waals surface area contributed by atoms with E-state index in [-0.39, 0.29) is 0 Å². The highest BCUT2D eigenvalue weighted by molar-refractivity contribution is 7.10. The van der Waals surface area contributed by atoms with Crippen LogP contribution in [0.4, 0.5) is 5.82 Å². The zero-order chi connectivity index (χ0) is 10.7. The molecule has 0 spiro atoms. The van der Waals surface area contributed by atoms with Gasteiger partial charge in [-0.15, -0.1) is 11.3 Å². The van der Waals surface area contributed by atoms with Crippen LogP contribution in [0, 0.1) is 13.8 Å². The molecule has 0 amide bonds. The lowest BCUT2D eigenvalue weighted by molar-refractivity contribution is 1.12. The molecule has 0 saturated heterocycles. The average molecular weight is 218 g/mol. The van der Waals surface area contributed by atoms with Crippen molar-refractivity contribution in [2.75, 3.05) is 5.32 Å². The molecule has 2 aromatic heterocycles. The van der Waals surface area contributed by atoms with E-state index in [1.807, 2.05) is 12.3 Å². The van der Waals surface area contributed by atoms with Crippen molar-refractivity contribution in [3.05, 3.63) is 45.8 Å². The molecule has 0 aliphatic carbocycles. The van der Waals surface area contributed by atoms with Crippen molar-refractivity contribution in [1.82, 2.24) is 4.98 Å².